The molecule has 2 unspecified atom stereocenters. The van der Waals surface area contributed by atoms with Gasteiger partial charge in [0.15, 0.2) is 0 Å². The summed E-state index contributed by atoms with van der Waals surface area (Å²) in [5.41, 5.74) is 0. The van der Waals surface area contributed by atoms with E-state index in [1.54, 1.807) is 0 Å². The summed E-state index contributed by atoms with van der Waals surface area (Å²) < 4.78 is 5.56. The zero-order valence-corrected chi connectivity index (χ0v) is 12.8. The minimum absolute atomic E-state index is 0.0385. The average Bonchev–Trinajstić information content (AvgIpc) is 2.35. The van der Waals surface area contributed by atoms with Gasteiger partial charge in [-0.05, 0) is 26.2 Å². The number of hydrogen-bond acceptors (Lipinski definition) is 2. The number of hydrogen-bond donors (Lipinski definition) is 0. The first-order chi connectivity index (χ1) is 8.65. The number of ether oxygens (including phenoxy) is 1. The van der Waals surface area contributed by atoms with Gasteiger partial charge in [-0.15, -0.1) is 0 Å². The molecule has 0 bridgehead atoms. The molecule has 2 atom stereocenters. The summed E-state index contributed by atoms with van der Waals surface area (Å²) in [7, 11) is 0. The van der Waals surface area contributed by atoms with E-state index in [1.165, 1.54) is 12.8 Å². The number of rotatable bonds is 11. The third kappa shape index (κ3) is 8.54. The smallest absolute Gasteiger partial charge is 0.309 e. The molecule has 0 aromatic carbocycles. The van der Waals surface area contributed by atoms with E-state index >= 15 is 0 Å². The van der Waals surface area contributed by atoms with Crippen molar-refractivity contribution in [3.05, 3.63) is 0 Å². The summed E-state index contributed by atoms with van der Waals surface area (Å²) in [6.45, 7) is 8.52. The Morgan fingerprint density at radius 2 is 1.56 bits per heavy atom. The van der Waals surface area contributed by atoms with Crippen molar-refractivity contribution in [2.75, 3.05) is 0 Å². The summed E-state index contributed by atoms with van der Waals surface area (Å²) in [5.74, 6) is 0.169. The van der Waals surface area contributed by atoms with Crippen molar-refractivity contribution in [2.24, 2.45) is 5.92 Å². The maximum atomic E-state index is 12.1. The van der Waals surface area contributed by atoms with Crippen LogP contribution in [0.15, 0.2) is 0 Å². The molecule has 0 radical (unpaired) electrons. The van der Waals surface area contributed by atoms with Crippen molar-refractivity contribution in [1.82, 2.24) is 0 Å². The van der Waals surface area contributed by atoms with Crippen molar-refractivity contribution >= 4 is 5.97 Å². The highest BCUT2D eigenvalue weighted by Gasteiger charge is 2.20. The lowest BCUT2D eigenvalue weighted by Crippen LogP contribution is -2.22. The molecule has 2 heteroatoms. The molecule has 0 spiro atoms. The predicted octanol–water partition coefficient (Wildman–Crippen LogP) is 5.10. The van der Waals surface area contributed by atoms with Crippen molar-refractivity contribution < 1.29 is 9.53 Å². The Bertz CT molecular complexity index is 201. The van der Waals surface area contributed by atoms with E-state index in [4.69, 9.17) is 4.74 Å². The summed E-state index contributed by atoms with van der Waals surface area (Å²) in [5, 5.41) is 0. The van der Waals surface area contributed by atoms with Crippen LogP contribution in [0.1, 0.15) is 85.5 Å². The van der Waals surface area contributed by atoms with E-state index < -0.39 is 0 Å². The Kier molecular flexibility index (Phi) is 11.2. The van der Waals surface area contributed by atoms with Gasteiger partial charge < -0.3 is 4.74 Å². The number of carbonyl (C=O) groups excluding carboxylic acids is 1. The lowest BCUT2D eigenvalue weighted by Gasteiger charge is -2.19. The molecule has 2 nitrogen and oxygen atoms in total. The molecule has 0 aromatic rings. The predicted molar refractivity (Wildman–Crippen MR) is 77.6 cm³/mol. The Labute approximate surface area is 113 Å². The van der Waals surface area contributed by atoms with E-state index in [1.807, 2.05) is 6.92 Å². The van der Waals surface area contributed by atoms with Crippen molar-refractivity contribution in [3.63, 3.8) is 0 Å². The van der Waals surface area contributed by atoms with Gasteiger partial charge >= 0.3 is 5.97 Å². The second-order valence-corrected chi connectivity index (χ2v) is 5.37. The fraction of sp³-hybridized carbons (Fsp3) is 0.938. The van der Waals surface area contributed by atoms with Crippen LogP contribution in [0.25, 0.3) is 0 Å². The van der Waals surface area contributed by atoms with Gasteiger partial charge in [0, 0.05) is 0 Å². The van der Waals surface area contributed by atoms with Crippen LogP contribution in [0.3, 0.4) is 0 Å². The molecule has 0 fully saturated rings. The molecule has 0 aliphatic carbocycles. The summed E-state index contributed by atoms with van der Waals surface area (Å²) in [4.78, 5) is 12.1. The van der Waals surface area contributed by atoms with Gasteiger partial charge in [0.2, 0.25) is 0 Å². The van der Waals surface area contributed by atoms with Crippen LogP contribution in [0.5, 0.6) is 0 Å². The highest BCUT2D eigenvalue weighted by molar-refractivity contribution is 5.72. The van der Waals surface area contributed by atoms with Gasteiger partial charge in [-0.2, -0.15) is 0 Å². The first-order valence-corrected chi connectivity index (χ1v) is 7.86. The van der Waals surface area contributed by atoms with Gasteiger partial charge in [0.25, 0.3) is 0 Å². The Morgan fingerprint density at radius 3 is 2.11 bits per heavy atom. The third-order valence-electron chi connectivity index (χ3n) is 3.41. The number of esters is 1. The zero-order valence-electron chi connectivity index (χ0n) is 12.8. The van der Waals surface area contributed by atoms with Gasteiger partial charge in [-0.25, -0.2) is 0 Å². The van der Waals surface area contributed by atoms with Crippen molar-refractivity contribution in [1.29, 1.82) is 0 Å². The fourth-order valence-corrected chi connectivity index (χ4v) is 2.21. The second-order valence-electron chi connectivity index (χ2n) is 5.37. The maximum Gasteiger partial charge on any atom is 0.309 e. The third-order valence-corrected chi connectivity index (χ3v) is 3.41. The minimum Gasteiger partial charge on any atom is -0.462 e. The molecule has 108 valence electrons. The number of unbranched alkanes of at least 4 members (excludes halogenated alkanes) is 3. The lowest BCUT2D eigenvalue weighted by atomic mass is 9.96. The topological polar surface area (TPSA) is 26.3 Å². The van der Waals surface area contributed by atoms with E-state index in [2.05, 4.69) is 20.8 Å². The van der Waals surface area contributed by atoms with E-state index in [0.717, 1.165) is 44.9 Å². The van der Waals surface area contributed by atoms with Crippen LogP contribution in [-0.4, -0.2) is 12.1 Å². The lowest BCUT2D eigenvalue weighted by molar-refractivity contribution is -0.154. The molecule has 0 heterocycles. The van der Waals surface area contributed by atoms with E-state index in [0.29, 0.717) is 0 Å². The fourth-order valence-electron chi connectivity index (χ4n) is 2.21. The normalized spacial score (nSPS) is 14.2. The van der Waals surface area contributed by atoms with Crippen LogP contribution in [0, 0.1) is 5.92 Å². The van der Waals surface area contributed by atoms with Gasteiger partial charge in [-0.1, -0.05) is 59.3 Å². The molecular weight excluding hydrogens is 224 g/mol. The monoisotopic (exact) mass is 256 g/mol. The molecule has 0 aliphatic rings. The highest BCUT2D eigenvalue weighted by Crippen LogP contribution is 2.19. The van der Waals surface area contributed by atoms with Crippen LogP contribution >= 0.6 is 0 Å². The molecule has 0 amide bonds. The summed E-state index contributed by atoms with van der Waals surface area (Å²) in [6.07, 6.45) is 10.0. The molecule has 0 saturated heterocycles. The van der Waals surface area contributed by atoms with E-state index in [-0.39, 0.29) is 18.0 Å². The van der Waals surface area contributed by atoms with Crippen LogP contribution in [0.4, 0.5) is 0 Å². The highest BCUT2D eigenvalue weighted by atomic mass is 16.5. The molecule has 0 aliphatic heterocycles. The van der Waals surface area contributed by atoms with Crippen molar-refractivity contribution in [3.8, 4) is 0 Å². The zero-order chi connectivity index (χ0) is 13.8. The first kappa shape index (κ1) is 17.5. The van der Waals surface area contributed by atoms with Crippen LogP contribution in [0.2, 0.25) is 0 Å². The van der Waals surface area contributed by atoms with Crippen LogP contribution in [-0.2, 0) is 9.53 Å². The van der Waals surface area contributed by atoms with Gasteiger partial charge in [0.1, 0.15) is 0 Å². The quantitative estimate of drug-likeness (QED) is 0.379. The number of carbonyl (C=O) groups is 1. The SMILES string of the molecule is CCCCCC(CCC)C(=O)OC(C)CCCC. The average molecular weight is 256 g/mol. The minimum atomic E-state index is 0.0385. The van der Waals surface area contributed by atoms with Crippen LogP contribution < -0.4 is 0 Å². The molecule has 0 N–H and O–H groups in total. The molecule has 18 heavy (non-hydrogen) atoms. The largest absolute Gasteiger partial charge is 0.462 e. The standard InChI is InChI=1S/C16H32O2/c1-5-8-10-13-15(11-7-3)16(17)18-14(4)12-9-6-2/h14-15H,5-13H2,1-4H3. The molecule has 0 saturated carbocycles. The Hall–Kier alpha value is -0.530. The first-order valence-electron chi connectivity index (χ1n) is 7.86. The molecular formula is C16H32O2. The second kappa shape index (κ2) is 11.6. The molecule has 0 rings (SSSR count). The van der Waals surface area contributed by atoms with Gasteiger partial charge in [-0.3, -0.25) is 4.79 Å². The Balaban J connectivity index is 4.03. The summed E-state index contributed by atoms with van der Waals surface area (Å²) >= 11 is 0. The van der Waals surface area contributed by atoms with Gasteiger partial charge in [0.05, 0.1) is 12.0 Å². The molecule has 0 aromatic heterocycles. The summed E-state index contributed by atoms with van der Waals surface area (Å²) in [6, 6.07) is 0. The maximum absolute atomic E-state index is 12.1. The Morgan fingerprint density at radius 1 is 0.889 bits per heavy atom. The van der Waals surface area contributed by atoms with Crippen molar-refractivity contribution in [2.45, 2.75) is 91.6 Å². The van der Waals surface area contributed by atoms with E-state index in [9.17, 15) is 4.79 Å².